The second-order valence-corrected chi connectivity index (χ2v) is 4.72. The van der Waals surface area contributed by atoms with Gasteiger partial charge in [0.05, 0.1) is 18.3 Å². The van der Waals surface area contributed by atoms with Crippen molar-refractivity contribution in [3.63, 3.8) is 0 Å². The molecule has 1 heterocycles. The normalized spacial score (nSPS) is 10.9. The van der Waals surface area contributed by atoms with E-state index in [4.69, 9.17) is 10.5 Å². The summed E-state index contributed by atoms with van der Waals surface area (Å²) in [7, 11) is 1.93. The van der Waals surface area contributed by atoms with E-state index in [1.54, 1.807) is 0 Å². The molecule has 4 heteroatoms. The molecule has 0 fully saturated rings. The van der Waals surface area contributed by atoms with E-state index in [1.807, 2.05) is 55.2 Å². The molecule has 2 aromatic carbocycles. The molecule has 4 nitrogen and oxygen atoms in total. The van der Waals surface area contributed by atoms with E-state index in [0.717, 1.165) is 33.5 Å². The zero-order valence-corrected chi connectivity index (χ0v) is 11.6. The minimum atomic E-state index is 0.669. The summed E-state index contributed by atoms with van der Waals surface area (Å²) < 4.78 is 7.31. The van der Waals surface area contributed by atoms with Gasteiger partial charge in [0.15, 0.2) is 0 Å². The van der Waals surface area contributed by atoms with Crippen molar-refractivity contribution in [1.29, 1.82) is 0 Å². The second kappa shape index (κ2) is 4.89. The van der Waals surface area contributed by atoms with Gasteiger partial charge in [-0.15, -0.1) is 0 Å². The summed E-state index contributed by atoms with van der Waals surface area (Å²) in [4.78, 5) is 0. The van der Waals surface area contributed by atoms with Gasteiger partial charge in [0.1, 0.15) is 5.75 Å². The number of nitrogens with two attached hydrogens (primary N) is 1. The fourth-order valence-electron chi connectivity index (χ4n) is 2.36. The molecule has 0 unspecified atom stereocenters. The van der Waals surface area contributed by atoms with E-state index in [2.05, 4.69) is 11.2 Å². The Hall–Kier alpha value is -2.49. The van der Waals surface area contributed by atoms with Gasteiger partial charge in [0.25, 0.3) is 0 Å². The van der Waals surface area contributed by atoms with Crippen molar-refractivity contribution >= 4 is 16.6 Å². The van der Waals surface area contributed by atoms with Gasteiger partial charge < -0.3 is 10.5 Å². The quantitative estimate of drug-likeness (QED) is 0.741. The Morgan fingerprint density at radius 2 is 1.95 bits per heavy atom. The van der Waals surface area contributed by atoms with Crippen molar-refractivity contribution < 1.29 is 4.74 Å². The third-order valence-corrected chi connectivity index (χ3v) is 3.39. The molecule has 0 atom stereocenters. The van der Waals surface area contributed by atoms with Crippen LogP contribution in [0, 0.1) is 0 Å². The smallest absolute Gasteiger partial charge is 0.119 e. The maximum atomic E-state index is 6.16. The molecule has 0 spiro atoms. The van der Waals surface area contributed by atoms with Gasteiger partial charge in [-0.2, -0.15) is 5.10 Å². The summed E-state index contributed by atoms with van der Waals surface area (Å²) in [5, 5.41) is 5.31. The lowest BCUT2D eigenvalue weighted by Gasteiger charge is -2.08. The highest BCUT2D eigenvalue weighted by atomic mass is 16.5. The van der Waals surface area contributed by atoms with Crippen molar-refractivity contribution in [3.05, 3.63) is 42.6 Å². The first-order valence-electron chi connectivity index (χ1n) is 6.63. The first kappa shape index (κ1) is 12.5. The van der Waals surface area contributed by atoms with Crippen LogP contribution in [0.5, 0.6) is 5.75 Å². The van der Waals surface area contributed by atoms with Gasteiger partial charge in [-0.05, 0) is 36.8 Å². The molecule has 0 aliphatic rings. The Bertz CT molecular complexity index is 744. The van der Waals surface area contributed by atoms with Gasteiger partial charge in [0.2, 0.25) is 0 Å². The Balaban J connectivity index is 2.08. The van der Waals surface area contributed by atoms with Crippen molar-refractivity contribution in [1.82, 2.24) is 9.78 Å². The lowest BCUT2D eigenvalue weighted by atomic mass is 10.0. The molecule has 0 amide bonds. The summed E-state index contributed by atoms with van der Waals surface area (Å²) >= 11 is 0. The summed E-state index contributed by atoms with van der Waals surface area (Å²) in [5.41, 5.74) is 10.1. The molecule has 3 rings (SSSR count). The third kappa shape index (κ3) is 2.09. The Morgan fingerprint density at radius 3 is 2.65 bits per heavy atom. The average molecular weight is 267 g/mol. The molecular formula is C16H17N3O. The summed E-state index contributed by atoms with van der Waals surface area (Å²) in [5.74, 6) is 0.872. The number of rotatable bonds is 3. The fraction of sp³-hybridized carbons (Fsp3) is 0.188. The average Bonchev–Trinajstić information content (AvgIpc) is 2.80. The van der Waals surface area contributed by atoms with E-state index in [9.17, 15) is 0 Å². The molecule has 1 aromatic heterocycles. The number of nitrogens with zero attached hydrogens (tertiary/aromatic N) is 2. The molecule has 102 valence electrons. The molecule has 0 bridgehead atoms. The van der Waals surface area contributed by atoms with E-state index >= 15 is 0 Å². The summed E-state index contributed by atoms with van der Waals surface area (Å²) in [6, 6.07) is 12.0. The summed E-state index contributed by atoms with van der Waals surface area (Å²) in [6.07, 6.45) is 1.83. The Labute approximate surface area is 117 Å². The zero-order chi connectivity index (χ0) is 14.1. The van der Waals surface area contributed by atoms with E-state index in [1.165, 1.54) is 0 Å². The fourth-order valence-corrected chi connectivity index (χ4v) is 2.36. The van der Waals surface area contributed by atoms with Crippen LogP contribution in [0.4, 0.5) is 5.69 Å². The van der Waals surface area contributed by atoms with E-state index in [-0.39, 0.29) is 0 Å². The highest BCUT2D eigenvalue weighted by molar-refractivity contribution is 5.91. The number of ether oxygens (including phenoxy) is 1. The molecular weight excluding hydrogens is 250 g/mol. The van der Waals surface area contributed by atoms with Crippen LogP contribution >= 0.6 is 0 Å². The van der Waals surface area contributed by atoms with Crippen molar-refractivity contribution in [2.24, 2.45) is 7.05 Å². The maximum Gasteiger partial charge on any atom is 0.119 e. The van der Waals surface area contributed by atoms with Crippen molar-refractivity contribution in [3.8, 4) is 16.9 Å². The Kier molecular flexibility index (Phi) is 3.06. The van der Waals surface area contributed by atoms with Gasteiger partial charge in [-0.1, -0.05) is 12.1 Å². The van der Waals surface area contributed by atoms with Crippen LogP contribution in [-0.4, -0.2) is 16.4 Å². The molecule has 0 aliphatic carbocycles. The lowest BCUT2D eigenvalue weighted by Crippen LogP contribution is -1.94. The molecule has 2 N–H and O–H groups in total. The monoisotopic (exact) mass is 267 g/mol. The highest BCUT2D eigenvalue weighted by Gasteiger charge is 2.08. The molecule has 20 heavy (non-hydrogen) atoms. The van der Waals surface area contributed by atoms with E-state index in [0.29, 0.717) is 6.61 Å². The van der Waals surface area contributed by atoms with E-state index < -0.39 is 0 Å². The van der Waals surface area contributed by atoms with Crippen LogP contribution in [-0.2, 0) is 7.05 Å². The number of hydrogen-bond acceptors (Lipinski definition) is 3. The number of anilines is 1. The number of benzene rings is 2. The lowest BCUT2D eigenvalue weighted by molar-refractivity contribution is 0.340. The van der Waals surface area contributed by atoms with Gasteiger partial charge in [-0.3, -0.25) is 4.68 Å². The van der Waals surface area contributed by atoms with Crippen molar-refractivity contribution in [2.75, 3.05) is 12.3 Å². The number of aryl methyl sites for hydroxylation is 1. The minimum Gasteiger partial charge on any atom is -0.494 e. The molecule has 0 saturated carbocycles. The Morgan fingerprint density at radius 1 is 1.20 bits per heavy atom. The van der Waals surface area contributed by atoms with Gasteiger partial charge >= 0.3 is 0 Å². The largest absolute Gasteiger partial charge is 0.494 e. The predicted octanol–water partition coefficient (Wildman–Crippen LogP) is 3.22. The zero-order valence-electron chi connectivity index (χ0n) is 11.6. The first-order chi connectivity index (χ1) is 9.69. The topological polar surface area (TPSA) is 53.1 Å². The molecule has 3 aromatic rings. The SMILES string of the molecule is CCOc1ccc(-c2cc3c(cnn3C)cc2N)cc1. The number of nitrogen functional groups attached to an aromatic ring is 1. The van der Waals surface area contributed by atoms with Crippen LogP contribution in [0.15, 0.2) is 42.6 Å². The van der Waals surface area contributed by atoms with Crippen LogP contribution in [0.2, 0.25) is 0 Å². The minimum absolute atomic E-state index is 0.669. The van der Waals surface area contributed by atoms with Gasteiger partial charge in [0, 0.05) is 23.7 Å². The maximum absolute atomic E-state index is 6.16. The predicted molar refractivity (Wildman–Crippen MR) is 81.7 cm³/mol. The second-order valence-electron chi connectivity index (χ2n) is 4.72. The van der Waals surface area contributed by atoms with Gasteiger partial charge in [-0.25, -0.2) is 0 Å². The number of fused-ring (bicyclic) bond motifs is 1. The highest BCUT2D eigenvalue weighted by Crippen LogP contribution is 2.31. The first-order valence-corrected chi connectivity index (χ1v) is 6.63. The van der Waals surface area contributed by atoms with Crippen molar-refractivity contribution in [2.45, 2.75) is 6.92 Å². The van der Waals surface area contributed by atoms with Crippen LogP contribution in [0.3, 0.4) is 0 Å². The molecule has 0 saturated heterocycles. The molecule has 0 radical (unpaired) electrons. The number of aromatic nitrogens is 2. The van der Waals surface area contributed by atoms with Crippen LogP contribution in [0.25, 0.3) is 22.0 Å². The molecule has 0 aliphatic heterocycles. The number of hydrogen-bond donors (Lipinski definition) is 1. The van der Waals surface area contributed by atoms with Crippen LogP contribution < -0.4 is 10.5 Å². The van der Waals surface area contributed by atoms with Crippen LogP contribution in [0.1, 0.15) is 6.92 Å². The third-order valence-electron chi connectivity index (χ3n) is 3.39. The standard InChI is InChI=1S/C16H17N3O/c1-3-20-13-6-4-11(5-7-13)14-9-16-12(8-15(14)17)10-18-19(16)2/h4-10H,3,17H2,1-2H3. The summed E-state index contributed by atoms with van der Waals surface area (Å²) in [6.45, 7) is 2.64.